The molecule has 4 nitrogen and oxygen atoms in total. The van der Waals surface area contributed by atoms with Gasteiger partial charge in [-0.05, 0) is 55.9 Å². The predicted molar refractivity (Wildman–Crippen MR) is 103 cm³/mol. The molecule has 134 valence electrons. The molecule has 0 bridgehead atoms. The van der Waals surface area contributed by atoms with Crippen LogP contribution in [0.2, 0.25) is 0 Å². The highest BCUT2D eigenvalue weighted by Crippen LogP contribution is 2.37. The first-order chi connectivity index (χ1) is 12.8. The van der Waals surface area contributed by atoms with Gasteiger partial charge in [0.05, 0.1) is 10.2 Å². The SMILES string of the molecule is O=C(c1ccc(-c2nc3ccccc3s2)o1)N1CCCC2CCCCC21. The first-order valence-corrected chi connectivity index (χ1v) is 10.4. The number of para-hydroxylation sites is 1. The number of likely N-dealkylation sites (tertiary alicyclic amines) is 1. The lowest BCUT2D eigenvalue weighted by Gasteiger charge is -2.43. The molecule has 26 heavy (non-hydrogen) atoms. The molecule has 1 aliphatic heterocycles. The Labute approximate surface area is 156 Å². The van der Waals surface area contributed by atoms with Crippen LogP contribution in [0, 0.1) is 5.92 Å². The number of fused-ring (bicyclic) bond motifs is 2. The van der Waals surface area contributed by atoms with Crippen molar-refractivity contribution in [2.45, 2.75) is 44.6 Å². The summed E-state index contributed by atoms with van der Waals surface area (Å²) in [5.74, 6) is 1.87. The number of piperidine rings is 1. The lowest BCUT2D eigenvalue weighted by Crippen LogP contribution is -2.49. The summed E-state index contributed by atoms with van der Waals surface area (Å²) in [4.78, 5) is 19.8. The third kappa shape index (κ3) is 2.75. The Hall–Kier alpha value is -2.14. The van der Waals surface area contributed by atoms with Crippen LogP contribution < -0.4 is 0 Å². The summed E-state index contributed by atoms with van der Waals surface area (Å²) in [6, 6.07) is 12.2. The number of carbonyl (C=O) groups excluding carboxylic acids is 1. The molecule has 5 heteroatoms. The van der Waals surface area contributed by atoms with E-state index in [1.165, 1.54) is 25.7 Å². The predicted octanol–water partition coefficient (Wildman–Crippen LogP) is 5.35. The van der Waals surface area contributed by atoms with Crippen molar-refractivity contribution in [2.24, 2.45) is 5.92 Å². The van der Waals surface area contributed by atoms with Gasteiger partial charge >= 0.3 is 0 Å². The molecule has 5 rings (SSSR count). The van der Waals surface area contributed by atoms with Gasteiger partial charge in [-0.15, -0.1) is 11.3 Å². The zero-order valence-electron chi connectivity index (χ0n) is 14.7. The molecular formula is C21H22N2O2S. The van der Waals surface area contributed by atoms with Crippen molar-refractivity contribution in [3.05, 3.63) is 42.2 Å². The minimum Gasteiger partial charge on any atom is -0.448 e. The van der Waals surface area contributed by atoms with E-state index in [9.17, 15) is 4.79 Å². The number of benzene rings is 1. The zero-order chi connectivity index (χ0) is 17.5. The number of hydrogen-bond acceptors (Lipinski definition) is 4. The van der Waals surface area contributed by atoms with Gasteiger partial charge in [0.25, 0.3) is 5.91 Å². The average Bonchev–Trinajstić information content (AvgIpc) is 3.34. The number of furan rings is 1. The van der Waals surface area contributed by atoms with Crippen LogP contribution in [0.4, 0.5) is 0 Å². The van der Waals surface area contributed by atoms with E-state index >= 15 is 0 Å². The highest BCUT2D eigenvalue weighted by molar-refractivity contribution is 7.21. The van der Waals surface area contributed by atoms with Crippen molar-refractivity contribution >= 4 is 27.5 Å². The average molecular weight is 366 g/mol. The molecule has 2 unspecified atom stereocenters. The molecule has 1 saturated carbocycles. The van der Waals surface area contributed by atoms with Crippen LogP contribution in [0.5, 0.6) is 0 Å². The number of thiazole rings is 1. The second kappa shape index (κ2) is 6.54. The highest BCUT2D eigenvalue weighted by atomic mass is 32.1. The van der Waals surface area contributed by atoms with E-state index in [1.807, 2.05) is 30.3 Å². The van der Waals surface area contributed by atoms with Gasteiger partial charge in [0.15, 0.2) is 16.5 Å². The molecule has 2 fully saturated rings. The summed E-state index contributed by atoms with van der Waals surface area (Å²) in [7, 11) is 0. The van der Waals surface area contributed by atoms with Crippen molar-refractivity contribution in [1.29, 1.82) is 0 Å². The molecule has 1 aliphatic carbocycles. The Morgan fingerprint density at radius 1 is 1.08 bits per heavy atom. The van der Waals surface area contributed by atoms with Gasteiger partial charge < -0.3 is 9.32 Å². The second-order valence-corrected chi connectivity index (χ2v) is 8.43. The fourth-order valence-corrected chi connectivity index (χ4v) is 5.49. The quantitative estimate of drug-likeness (QED) is 0.614. The van der Waals surface area contributed by atoms with E-state index in [2.05, 4.69) is 16.0 Å². The molecule has 2 atom stereocenters. The van der Waals surface area contributed by atoms with Crippen molar-refractivity contribution < 1.29 is 9.21 Å². The number of rotatable bonds is 2. The van der Waals surface area contributed by atoms with Crippen molar-refractivity contribution in [3.8, 4) is 10.8 Å². The van der Waals surface area contributed by atoms with E-state index < -0.39 is 0 Å². The smallest absolute Gasteiger partial charge is 0.289 e. The van der Waals surface area contributed by atoms with Gasteiger partial charge in [0, 0.05) is 12.6 Å². The molecule has 2 aliphatic rings. The largest absolute Gasteiger partial charge is 0.448 e. The Balaban J connectivity index is 1.41. The van der Waals surface area contributed by atoms with Gasteiger partial charge in [-0.25, -0.2) is 4.98 Å². The molecule has 1 saturated heterocycles. The minimum absolute atomic E-state index is 0.0500. The van der Waals surface area contributed by atoms with E-state index in [0.717, 1.165) is 34.6 Å². The maximum atomic E-state index is 13.1. The molecule has 3 heterocycles. The van der Waals surface area contributed by atoms with Gasteiger partial charge in [0.2, 0.25) is 0 Å². The first kappa shape index (κ1) is 16.1. The van der Waals surface area contributed by atoms with Crippen LogP contribution in [0.25, 0.3) is 21.0 Å². The Kier molecular flexibility index (Phi) is 4.04. The summed E-state index contributed by atoms with van der Waals surface area (Å²) in [5.41, 5.74) is 0.970. The Bertz CT molecular complexity index is 909. The fourth-order valence-electron chi connectivity index (χ4n) is 4.56. The van der Waals surface area contributed by atoms with E-state index in [0.29, 0.717) is 23.5 Å². The fraction of sp³-hybridized carbons (Fsp3) is 0.429. The molecular weight excluding hydrogens is 344 g/mol. The van der Waals surface area contributed by atoms with Gasteiger partial charge in [-0.3, -0.25) is 4.79 Å². The Morgan fingerprint density at radius 3 is 2.85 bits per heavy atom. The molecule has 1 amide bonds. The van der Waals surface area contributed by atoms with Crippen molar-refractivity contribution in [2.75, 3.05) is 6.54 Å². The van der Waals surface area contributed by atoms with Crippen LogP contribution >= 0.6 is 11.3 Å². The molecule has 1 aromatic carbocycles. The molecule has 3 aromatic rings. The number of hydrogen-bond donors (Lipinski definition) is 0. The van der Waals surface area contributed by atoms with Crippen LogP contribution in [0.3, 0.4) is 0 Å². The highest BCUT2D eigenvalue weighted by Gasteiger charge is 2.36. The summed E-state index contributed by atoms with van der Waals surface area (Å²) < 4.78 is 7.08. The van der Waals surface area contributed by atoms with Crippen LogP contribution in [0.1, 0.15) is 49.1 Å². The maximum absolute atomic E-state index is 13.1. The topological polar surface area (TPSA) is 46.3 Å². The number of nitrogens with zero attached hydrogens (tertiary/aromatic N) is 2. The monoisotopic (exact) mass is 366 g/mol. The van der Waals surface area contributed by atoms with Crippen molar-refractivity contribution in [1.82, 2.24) is 9.88 Å². The zero-order valence-corrected chi connectivity index (χ0v) is 15.5. The lowest BCUT2D eigenvalue weighted by molar-refractivity contribution is 0.0363. The lowest BCUT2D eigenvalue weighted by atomic mass is 9.78. The normalized spacial score (nSPS) is 23.2. The number of aromatic nitrogens is 1. The molecule has 0 radical (unpaired) electrons. The number of carbonyl (C=O) groups is 1. The first-order valence-electron chi connectivity index (χ1n) is 9.56. The summed E-state index contributed by atoms with van der Waals surface area (Å²) in [5, 5.41) is 0.833. The van der Waals surface area contributed by atoms with Crippen LogP contribution in [0.15, 0.2) is 40.8 Å². The van der Waals surface area contributed by atoms with E-state index in [4.69, 9.17) is 4.42 Å². The Morgan fingerprint density at radius 2 is 1.92 bits per heavy atom. The maximum Gasteiger partial charge on any atom is 0.289 e. The third-order valence-electron chi connectivity index (χ3n) is 5.83. The molecule has 0 spiro atoms. The third-order valence-corrected chi connectivity index (χ3v) is 6.88. The van der Waals surface area contributed by atoms with Gasteiger partial charge in [-0.2, -0.15) is 0 Å². The van der Waals surface area contributed by atoms with Gasteiger partial charge in [0.1, 0.15) is 0 Å². The molecule has 2 aromatic heterocycles. The van der Waals surface area contributed by atoms with Crippen LogP contribution in [-0.2, 0) is 0 Å². The van der Waals surface area contributed by atoms with Gasteiger partial charge in [-0.1, -0.05) is 25.0 Å². The summed E-state index contributed by atoms with van der Waals surface area (Å²) in [6.45, 7) is 0.858. The molecule has 0 N–H and O–H groups in total. The van der Waals surface area contributed by atoms with E-state index in [1.54, 1.807) is 11.3 Å². The summed E-state index contributed by atoms with van der Waals surface area (Å²) >= 11 is 1.60. The summed E-state index contributed by atoms with van der Waals surface area (Å²) in [6.07, 6.45) is 7.33. The standard InChI is InChI=1S/C21H22N2O2S/c24-21(23-13-5-7-14-6-1-3-9-16(14)23)18-12-11-17(25-18)20-22-15-8-2-4-10-19(15)26-20/h2,4,8,10-12,14,16H,1,3,5-7,9,13H2. The minimum atomic E-state index is 0.0500. The second-order valence-electron chi connectivity index (χ2n) is 7.40. The number of amides is 1. The van der Waals surface area contributed by atoms with Crippen LogP contribution in [-0.4, -0.2) is 28.4 Å². The van der Waals surface area contributed by atoms with Crippen molar-refractivity contribution in [3.63, 3.8) is 0 Å². The van der Waals surface area contributed by atoms with E-state index in [-0.39, 0.29) is 5.91 Å².